The summed E-state index contributed by atoms with van der Waals surface area (Å²) < 4.78 is 6.29. The Hall–Kier alpha value is -4.04. The summed E-state index contributed by atoms with van der Waals surface area (Å²) in [6.45, 7) is 1.94. The Morgan fingerprint density at radius 1 is 1.03 bits per heavy atom. The van der Waals surface area contributed by atoms with E-state index in [4.69, 9.17) is 9.72 Å². The van der Waals surface area contributed by atoms with E-state index in [1.165, 1.54) is 0 Å². The second-order valence-corrected chi connectivity index (χ2v) is 8.74. The first-order valence-corrected chi connectivity index (χ1v) is 11.2. The highest BCUT2D eigenvalue weighted by molar-refractivity contribution is 9.10. The summed E-state index contributed by atoms with van der Waals surface area (Å²) in [7, 11) is 1.56. The largest absolute Gasteiger partial charge is 0.497 e. The molecular formula is C26H19BrN4O3. The Morgan fingerprint density at radius 3 is 2.59 bits per heavy atom. The quantitative estimate of drug-likeness (QED) is 0.250. The SMILES string of the molecule is COc1ccc2nc(-c3ccc(Br)cc3)cc(C(=O)N=Nc3c(O)[nH]c4ccc(C)cc34)c2c1. The number of halogens is 1. The fourth-order valence-corrected chi connectivity index (χ4v) is 4.07. The molecule has 0 fully saturated rings. The van der Waals surface area contributed by atoms with Crippen molar-refractivity contribution in [3.05, 3.63) is 82.3 Å². The first-order valence-electron chi connectivity index (χ1n) is 10.4. The van der Waals surface area contributed by atoms with Gasteiger partial charge in [-0.05, 0) is 55.5 Å². The van der Waals surface area contributed by atoms with Gasteiger partial charge in [0.15, 0.2) is 5.69 Å². The van der Waals surface area contributed by atoms with Crippen molar-refractivity contribution in [1.82, 2.24) is 9.97 Å². The number of rotatable bonds is 4. The minimum absolute atomic E-state index is 0.144. The number of carbonyl (C=O) groups excluding carboxylic acids is 1. The van der Waals surface area contributed by atoms with Crippen LogP contribution in [0.1, 0.15) is 15.9 Å². The average molecular weight is 515 g/mol. The number of benzene rings is 3. The summed E-state index contributed by atoms with van der Waals surface area (Å²) >= 11 is 3.44. The van der Waals surface area contributed by atoms with Gasteiger partial charge < -0.3 is 14.8 Å². The molecule has 2 heterocycles. The van der Waals surface area contributed by atoms with Crippen LogP contribution in [0.5, 0.6) is 11.6 Å². The molecule has 0 aliphatic carbocycles. The van der Waals surface area contributed by atoms with Gasteiger partial charge >= 0.3 is 0 Å². The average Bonchev–Trinajstić information content (AvgIpc) is 3.15. The number of nitrogens with zero attached hydrogens (tertiary/aromatic N) is 3. The van der Waals surface area contributed by atoms with Crippen LogP contribution < -0.4 is 4.74 Å². The molecule has 7 nitrogen and oxygen atoms in total. The predicted octanol–water partition coefficient (Wildman–Crippen LogP) is 7.09. The van der Waals surface area contributed by atoms with Gasteiger partial charge in [-0.1, -0.05) is 39.7 Å². The minimum atomic E-state index is -0.555. The molecule has 2 aromatic heterocycles. The van der Waals surface area contributed by atoms with E-state index in [1.54, 1.807) is 31.4 Å². The second-order valence-electron chi connectivity index (χ2n) is 7.82. The number of methoxy groups -OCH3 is 1. The summed E-state index contributed by atoms with van der Waals surface area (Å²) in [5.41, 5.74) is 4.38. The standard InChI is InChI=1S/C26H19BrN4O3/c1-14-3-9-22-20(11-14)24(26(33)29-22)30-31-25(32)19-13-23(15-4-6-16(27)7-5-15)28-21-10-8-17(34-2)12-18(19)21/h3-13,29,33H,1-2H3. The van der Waals surface area contributed by atoms with Crippen molar-refractivity contribution in [3.63, 3.8) is 0 Å². The van der Waals surface area contributed by atoms with Crippen LogP contribution in [0.2, 0.25) is 0 Å². The lowest BCUT2D eigenvalue weighted by Crippen LogP contribution is -1.99. The van der Waals surface area contributed by atoms with Crippen LogP contribution >= 0.6 is 15.9 Å². The van der Waals surface area contributed by atoms with Crippen molar-refractivity contribution >= 4 is 49.3 Å². The molecule has 5 rings (SSSR count). The Balaban J connectivity index is 1.63. The van der Waals surface area contributed by atoms with Gasteiger partial charge in [-0.3, -0.25) is 4.79 Å². The number of aromatic amines is 1. The Bertz CT molecular complexity index is 1590. The monoisotopic (exact) mass is 514 g/mol. The fourth-order valence-electron chi connectivity index (χ4n) is 3.81. The highest BCUT2D eigenvalue weighted by Crippen LogP contribution is 2.36. The molecule has 2 N–H and O–H groups in total. The zero-order chi connectivity index (χ0) is 23.8. The van der Waals surface area contributed by atoms with Crippen LogP contribution in [-0.2, 0) is 0 Å². The zero-order valence-corrected chi connectivity index (χ0v) is 19.9. The number of aryl methyl sites for hydroxylation is 1. The lowest BCUT2D eigenvalue weighted by atomic mass is 10.0. The predicted molar refractivity (Wildman–Crippen MR) is 135 cm³/mol. The molecule has 0 bridgehead atoms. The van der Waals surface area contributed by atoms with E-state index in [2.05, 4.69) is 31.1 Å². The van der Waals surface area contributed by atoms with Gasteiger partial charge in [-0.2, -0.15) is 0 Å². The van der Waals surface area contributed by atoms with Crippen LogP contribution in [0.15, 0.2) is 81.4 Å². The first kappa shape index (κ1) is 21.8. The van der Waals surface area contributed by atoms with Crippen LogP contribution in [0.3, 0.4) is 0 Å². The molecule has 0 aliphatic heterocycles. The third kappa shape index (κ3) is 4.04. The molecule has 0 saturated heterocycles. The van der Waals surface area contributed by atoms with E-state index in [0.717, 1.165) is 15.6 Å². The molecule has 0 atom stereocenters. The summed E-state index contributed by atoms with van der Waals surface area (Å²) in [6.07, 6.45) is 0. The van der Waals surface area contributed by atoms with Gasteiger partial charge in [-0.25, -0.2) is 4.98 Å². The maximum Gasteiger partial charge on any atom is 0.296 e. The van der Waals surface area contributed by atoms with Crippen molar-refractivity contribution in [2.45, 2.75) is 6.92 Å². The van der Waals surface area contributed by atoms with Crippen LogP contribution in [0.25, 0.3) is 33.1 Å². The maximum absolute atomic E-state index is 13.3. The second kappa shape index (κ2) is 8.72. The number of carbonyl (C=O) groups is 1. The van der Waals surface area contributed by atoms with Gasteiger partial charge in [-0.15, -0.1) is 10.2 Å². The van der Waals surface area contributed by atoms with Crippen LogP contribution in [0, 0.1) is 6.92 Å². The smallest absolute Gasteiger partial charge is 0.296 e. The zero-order valence-electron chi connectivity index (χ0n) is 18.3. The minimum Gasteiger partial charge on any atom is -0.497 e. The van der Waals surface area contributed by atoms with Gasteiger partial charge in [0, 0.05) is 20.8 Å². The molecule has 5 aromatic rings. The van der Waals surface area contributed by atoms with Gasteiger partial charge in [0.1, 0.15) is 5.75 Å². The van der Waals surface area contributed by atoms with Gasteiger partial charge in [0.2, 0.25) is 5.88 Å². The van der Waals surface area contributed by atoms with Crippen molar-refractivity contribution < 1.29 is 14.6 Å². The van der Waals surface area contributed by atoms with Crippen molar-refractivity contribution in [2.75, 3.05) is 7.11 Å². The summed E-state index contributed by atoms with van der Waals surface area (Å²) in [5.74, 6) is -0.101. The number of aromatic hydroxyl groups is 1. The normalized spacial score (nSPS) is 11.5. The third-order valence-corrected chi connectivity index (χ3v) is 6.06. The molecule has 1 amide bonds. The highest BCUT2D eigenvalue weighted by atomic mass is 79.9. The number of amides is 1. The molecule has 0 saturated carbocycles. The van der Waals surface area contributed by atoms with Crippen LogP contribution in [0.4, 0.5) is 5.69 Å². The van der Waals surface area contributed by atoms with Gasteiger partial charge in [0.25, 0.3) is 5.91 Å². The molecule has 168 valence electrons. The molecule has 34 heavy (non-hydrogen) atoms. The Kier molecular flexibility index (Phi) is 5.59. The molecule has 8 heteroatoms. The number of hydrogen-bond acceptors (Lipinski definition) is 5. The van der Waals surface area contributed by atoms with E-state index in [1.807, 2.05) is 49.4 Å². The lowest BCUT2D eigenvalue weighted by molar-refractivity contribution is 0.0996. The summed E-state index contributed by atoms with van der Waals surface area (Å²) in [5, 5.41) is 19.7. The Morgan fingerprint density at radius 2 is 1.82 bits per heavy atom. The van der Waals surface area contributed by atoms with Gasteiger partial charge in [0.05, 0.1) is 29.4 Å². The van der Waals surface area contributed by atoms with Crippen LogP contribution in [-0.4, -0.2) is 28.1 Å². The molecule has 0 radical (unpaired) electrons. The highest BCUT2D eigenvalue weighted by Gasteiger charge is 2.16. The van der Waals surface area contributed by atoms with E-state index in [-0.39, 0.29) is 11.6 Å². The number of ether oxygens (including phenoxy) is 1. The summed E-state index contributed by atoms with van der Waals surface area (Å²) in [6, 6.07) is 20.4. The lowest BCUT2D eigenvalue weighted by Gasteiger charge is -2.09. The number of aromatic nitrogens is 2. The topological polar surface area (TPSA) is 99.9 Å². The number of fused-ring (bicyclic) bond motifs is 2. The van der Waals surface area contributed by atoms with Crippen molar-refractivity contribution in [3.8, 4) is 22.9 Å². The maximum atomic E-state index is 13.3. The van der Waals surface area contributed by atoms with E-state index >= 15 is 0 Å². The van der Waals surface area contributed by atoms with Crippen molar-refractivity contribution in [2.24, 2.45) is 10.2 Å². The molecule has 0 unspecified atom stereocenters. The number of nitrogens with one attached hydrogen (secondary N) is 1. The van der Waals surface area contributed by atoms with E-state index < -0.39 is 5.91 Å². The molecule has 0 spiro atoms. The Labute approximate surface area is 203 Å². The molecular weight excluding hydrogens is 496 g/mol. The number of azo groups is 1. The number of hydrogen-bond donors (Lipinski definition) is 2. The first-order chi connectivity index (χ1) is 16.4. The van der Waals surface area contributed by atoms with E-state index in [9.17, 15) is 9.90 Å². The third-order valence-electron chi connectivity index (χ3n) is 5.53. The van der Waals surface area contributed by atoms with Crippen molar-refractivity contribution in [1.29, 1.82) is 0 Å². The molecule has 3 aromatic carbocycles. The number of pyridine rings is 1. The number of H-pyrrole nitrogens is 1. The summed E-state index contributed by atoms with van der Waals surface area (Å²) in [4.78, 5) is 20.9. The molecule has 0 aliphatic rings. The van der Waals surface area contributed by atoms with E-state index in [0.29, 0.717) is 38.8 Å². The fraction of sp³-hybridized carbons (Fsp3) is 0.0769.